The molecule has 0 bridgehead atoms. The molecule has 0 aliphatic carbocycles. The van der Waals surface area contributed by atoms with Crippen LogP contribution in [0.5, 0.6) is 0 Å². The lowest BCUT2D eigenvalue weighted by molar-refractivity contribution is 0.0512. The van der Waals surface area contributed by atoms with Crippen LogP contribution in [0, 0.1) is 0 Å². The van der Waals surface area contributed by atoms with Crippen LogP contribution < -0.4 is 5.56 Å². The average Bonchev–Trinajstić information content (AvgIpc) is 3.39. The first-order valence-corrected chi connectivity index (χ1v) is 11.3. The van der Waals surface area contributed by atoms with E-state index in [0.717, 1.165) is 35.1 Å². The van der Waals surface area contributed by atoms with E-state index in [4.69, 9.17) is 4.74 Å². The van der Waals surface area contributed by atoms with Crippen molar-refractivity contribution in [3.8, 4) is 22.5 Å². The van der Waals surface area contributed by atoms with Crippen LogP contribution in [-0.4, -0.2) is 42.8 Å². The molecule has 0 saturated carbocycles. The molecule has 2 aromatic heterocycles. The molecule has 34 heavy (non-hydrogen) atoms. The summed E-state index contributed by atoms with van der Waals surface area (Å²) in [5, 5.41) is 14.4. The molecule has 0 amide bonds. The molecule has 4 aromatic rings. The molecule has 0 atom stereocenters. The van der Waals surface area contributed by atoms with E-state index >= 15 is 0 Å². The van der Waals surface area contributed by atoms with E-state index < -0.39 is 11.5 Å². The third-order valence-corrected chi connectivity index (χ3v) is 5.46. The summed E-state index contributed by atoms with van der Waals surface area (Å²) in [5.74, 6) is 0.591. The molecule has 2 aromatic carbocycles. The Kier molecular flexibility index (Phi) is 7.22. The number of unbranched alkanes of at least 4 members (excludes halogenated alkanes) is 1. The lowest BCUT2D eigenvalue weighted by Gasteiger charge is -2.17. The van der Waals surface area contributed by atoms with Crippen LogP contribution in [-0.2, 0) is 17.7 Å². The van der Waals surface area contributed by atoms with Crippen molar-refractivity contribution in [2.75, 3.05) is 6.61 Å². The number of rotatable bonds is 9. The predicted octanol–water partition coefficient (Wildman–Crippen LogP) is 3.66. The molecule has 0 spiro atoms. The van der Waals surface area contributed by atoms with E-state index in [9.17, 15) is 9.59 Å². The number of hydrogen-bond acceptors (Lipinski definition) is 7. The zero-order valence-electron chi connectivity index (χ0n) is 19.2. The maximum atomic E-state index is 12.6. The van der Waals surface area contributed by atoms with Crippen LogP contribution in [0.4, 0.5) is 0 Å². The number of benzene rings is 2. The maximum Gasteiger partial charge on any atom is 0.355 e. The van der Waals surface area contributed by atoms with Crippen LogP contribution in [0.2, 0.25) is 0 Å². The summed E-state index contributed by atoms with van der Waals surface area (Å²) in [7, 11) is 0. The van der Waals surface area contributed by atoms with Gasteiger partial charge in [-0.2, -0.15) is 10.2 Å². The predicted molar refractivity (Wildman–Crippen MR) is 127 cm³/mol. The zero-order chi connectivity index (χ0) is 23.9. The Morgan fingerprint density at radius 3 is 2.50 bits per heavy atom. The van der Waals surface area contributed by atoms with Gasteiger partial charge in [-0.1, -0.05) is 61.9 Å². The van der Waals surface area contributed by atoms with Gasteiger partial charge in [0, 0.05) is 24.6 Å². The van der Waals surface area contributed by atoms with E-state index in [1.54, 1.807) is 11.5 Å². The third kappa shape index (κ3) is 5.09. The molecule has 9 nitrogen and oxygen atoms in total. The molecule has 2 heterocycles. The van der Waals surface area contributed by atoms with Gasteiger partial charge in [0.25, 0.3) is 5.56 Å². The first kappa shape index (κ1) is 23.0. The minimum absolute atomic E-state index is 0.222. The molecule has 0 aliphatic rings. The SMILES string of the molecule is CCCCc1nc(=O)cc(C(=O)OCC)n1Cc1ccc(-c2ccccc2-c2nn[nH]n2)cc1. The van der Waals surface area contributed by atoms with Gasteiger partial charge in [-0.25, -0.2) is 4.79 Å². The van der Waals surface area contributed by atoms with Crippen LogP contribution >= 0.6 is 0 Å². The van der Waals surface area contributed by atoms with Crippen molar-refractivity contribution in [1.82, 2.24) is 30.2 Å². The maximum absolute atomic E-state index is 12.6. The summed E-state index contributed by atoms with van der Waals surface area (Å²) in [6.07, 6.45) is 2.42. The standard InChI is InChI=1S/C25H26N6O3/c1-3-5-10-22-26-23(32)15-21(25(33)34-4-2)31(22)16-17-11-13-18(14-12-17)19-8-6-7-9-20(19)24-27-29-30-28-24/h6-9,11-15H,3-5,10,16H2,1-2H3,(H,27,28,29,30). The third-order valence-electron chi connectivity index (χ3n) is 5.46. The molecular formula is C25H26N6O3. The zero-order valence-corrected chi connectivity index (χ0v) is 19.2. The molecular weight excluding hydrogens is 432 g/mol. The highest BCUT2D eigenvalue weighted by atomic mass is 16.5. The molecule has 1 N–H and O–H groups in total. The number of aryl methyl sites for hydroxylation is 1. The Bertz CT molecular complexity index is 1310. The number of carbonyl (C=O) groups excluding carboxylic acids is 1. The minimum Gasteiger partial charge on any atom is -0.461 e. The minimum atomic E-state index is -0.523. The van der Waals surface area contributed by atoms with Crippen molar-refractivity contribution in [2.24, 2.45) is 0 Å². The van der Waals surface area contributed by atoms with Crippen LogP contribution in [0.15, 0.2) is 59.4 Å². The number of carbonyl (C=O) groups is 1. The van der Waals surface area contributed by atoms with Crippen molar-refractivity contribution in [1.29, 1.82) is 0 Å². The second kappa shape index (κ2) is 10.7. The van der Waals surface area contributed by atoms with E-state index in [0.29, 0.717) is 24.6 Å². The van der Waals surface area contributed by atoms with Crippen LogP contribution in [0.25, 0.3) is 22.5 Å². The van der Waals surface area contributed by atoms with Crippen molar-refractivity contribution in [2.45, 2.75) is 39.7 Å². The molecule has 0 aliphatic heterocycles. The number of hydrogen-bond donors (Lipinski definition) is 1. The number of nitrogens with one attached hydrogen (secondary N) is 1. The highest BCUT2D eigenvalue weighted by Gasteiger charge is 2.18. The Hall–Kier alpha value is -4.14. The van der Waals surface area contributed by atoms with Gasteiger partial charge in [0.05, 0.1) is 6.61 Å². The van der Waals surface area contributed by atoms with Gasteiger partial charge in [-0.3, -0.25) is 4.79 Å². The Labute approximate surface area is 196 Å². The van der Waals surface area contributed by atoms with E-state index in [-0.39, 0.29) is 12.3 Å². The highest BCUT2D eigenvalue weighted by Crippen LogP contribution is 2.29. The molecule has 0 radical (unpaired) electrons. The second-order valence-corrected chi connectivity index (χ2v) is 7.78. The molecule has 4 rings (SSSR count). The van der Waals surface area contributed by atoms with Crippen molar-refractivity contribution >= 4 is 5.97 Å². The number of tetrazole rings is 1. The molecule has 174 valence electrons. The summed E-state index contributed by atoms with van der Waals surface area (Å²) in [6.45, 7) is 4.44. The summed E-state index contributed by atoms with van der Waals surface area (Å²) >= 11 is 0. The Morgan fingerprint density at radius 2 is 1.82 bits per heavy atom. The Morgan fingerprint density at radius 1 is 1.06 bits per heavy atom. The number of ether oxygens (including phenoxy) is 1. The molecule has 9 heteroatoms. The first-order chi connectivity index (χ1) is 16.6. The highest BCUT2D eigenvalue weighted by molar-refractivity contribution is 5.87. The first-order valence-electron chi connectivity index (χ1n) is 11.3. The van der Waals surface area contributed by atoms with Crippen molar-refractivity contribution in [3.63, 3.8) is 0 Å². The number of esters is 1. The number of nitrogens with zero attached hydrogens (tertiary/aromatic N) is 5. The largest absolute Gasteiger partial charge is 0.461 e. The van der Waals surface area contributed by atoms with Gasteiger partial charge in [-0.15, -0.1) is 10.2 Å². The smallest absolute Gasteiger partial charge is 0.355 e. The van der Waals surface area contributed by atoms with Gasteiger partial charge in [-0.05, 0) is 35.2 Å². The fourth-order valence-electron chi connectivity index (χ4n) is 3.81. The topological polar surface area (TPSA) is 116 Å². The van der Waals surface area contributed by atoms with Crippen molar-refractivity contribution < 1.29 is 9.53 Å². The molecule has 0 unspecified atom stereocenters. The summed E-state index contributed by atoms with van der Waals surface area (Å²) in [6, 6.07) is 17.1. The molecule has 0 saturated heterocycles. The lowest BCUT2D eigenvalue weighted by atomic mass is 9.98. The monoisotopic (exact) mass is 458 g/mol. The fourth-order valence-corrected chi connectivity index (χ4v) is 3.81. The Balaban J connectivity index is 1.68. The van der Waals surface area contributed by atoms with Crippen molar-refractivity contribution in [3.05, 3.63) is 82.0 Å². The van der Waals surface area contributed by atoms with Crippen LogP contribution in [0.3, 0.4) is 0 Å². The van der Waals surface area contributed by atoms with E-state index in [1.807, 2.05) is 48.5 Å². The van der Waals surface area contributed by atoms with E-state index in [2.05, 4.69) is 32.5 Å². The van der Waals surface area contributed by atoms with Gasteiger partial charge in [0.15, 0.2) is 0 Å². The van der Waals surface area contributed by atoms with Gasteiger partial charge in [0.1, 0.15) is 11.5 Å². The lowest BCUT2D eigenvalue weighted by Crippen LogP contribution is -2.25. The second-order valence-electron chi connectivity index (χ2n) is 7.78. The summed E-state index contributed by atoms with van der Waals surface area (Å²) in [4.78, 5) is 29.0. The average molecular weight is 459 g/mol. The molecule has 0 fully saturated rings. The fraction of sp³-hybridized carbons (Fsp3) is 0.280. The number of aromatic nitrogens is 6. The summed E-state index contributed by atoms with van der Waals surface area (Å²) < 4.78 is 6.99. The quantitative estimate of drug-likeness (QED) is 0.381. The van der Waals surface area contributed by atoms with Gasteiger partial charge < -0.3 is 9.30 Å². The summed E-state index contributed by atoms with van der Waals surface area (Å²) in [5.41, 5.74) is 3.61. The normalized spacial score (nSPS) is 10.9. The number of H-pyrrole nitrogens is 1. The van der Waals surface area contributed by atoms with E-state index in [1.165, 1.54) is 6.07 Å². The van der Waals surface area contributed by atoms with Gasteiger partial charge in [0.2, 0.25) is 5.82 Å². The number of aromatic amines is 1. The van der Waals surface area contributed by atoms with Gasteiger partial charge >= 0.3 is 5.97 Å². The van der Waals surface area contributed by atoms with Crippen LogP contribution in [0.1, 0.15) is 48.6 Å².